The topological polar surface area (TPSA) is 133 Å². The van der Waals surface area contributed by atoms with E-state index in [2.05, 4.69) is 0 Å². The first-order chi connectivity index (χ1) is 5.25. The van der Waals surface area contributed by atoms with Crippen LogP contribution in [0.2, 0.25) is 0 Å². The van der Waals surface area contributed by atoms with E-state index in [-0.39, 0.29) is 0 Å². The van der Waals surface area contributed by atoms with Gasteiger partial charge in [-0.1, -0.05) is 0 Å². The molecule has 0 rings (SSSR count). The van der Waals surface area contributed by atoms with Crippen LogP contribution in [0.4, 0.5) is 0 Å². The summed E-state index contributed by atoms with van der Waals surface area (Å²) >= 11 is 0. The van der Waals surface area contributed by atoms with Crippen LogP contribution in [0.3, 0.4) is 0 Å². The second-order valence-corrected chi connectivity index (χ2v) is 3.14. The lowest BCUT2D eigenvalue weighted by molar-refractivity contribution is -0.241. The van der Waals surface area contributed by atoms with Gasteiger partial charge in [0, 0.05) is 0 Å². The first-order valence-electron chi connectivity index (χ1n) is 3.50. The quantitative estimate of drug-likeness (QED) is 0.254. The summed E-state index contributed by atoms with van der Waals surface area (Å²) in [4.78, 5) is 0. The molecular formula is C6H16N2O4. The van der Waals surface area contributed by atoms with Crippen molar-refractivity contribution in [2.75, 3.05) is 13.2 Å². The molecule has 6 heteroatoms. The van der Waals surface area contributed by atoms with E-state index < -0.39 is 30.6 Å². The van der Waals surface area contributed by atoms with E-state index in [9.17, 15) is 0 Å². The molecule has 0 aromatic rings. The van der Waals surface area contributed by atoms with Gasteiger partial charge in [0.2, 0.25) is 0 Å². The highest BCUT2D eigenvalue weighted by Crippen LogP contribution is 2.20. The average molecular weight is 180 g/mol. The maximum absolute atomic E-state index is 9.10. The summed E-state index contributed by atoms with van der Waals surface area (Å²) in [5.41, 5.74) is 9.22. The monoisotopic (exact) mass is 180 g/mol. The molecule has 0 heterocycles. The molecule has 0 saturated carbocycles. The Morgan fingerprint density at radius 2 is 1.67 bits per heavy atom. The highest BCUT2D eigenvalue weighted by Gasteiger charge is 2.42. The molecule has 0 radical (unpaired) electrons. The normalized spacial score (nSPS) is 16.2. The molecule has 0 bridgehead atoms. The summed E-state index contributed by atoms with van der Waals surface area (Å²) in [5.74, 6) is -3.65. The maximum Gasteiger partial charge on any atom is 0.194 e. The maximum atomic E-state index is 9.10. The third-order valence-electron chi connectivity index (χ3n) is 1.72. The van der Waals surface area contributed by atoms with Crippen molar-refractivity contribution < 1.29 is 20.4 Å². The molecule has 0 aromatic carbocycles. The van der Waals surface area contributed by atoms with E-state index in [4.69, 9.17) is 31.9 Å². The number of hydrogen-bond acceptors (Lipinski definition) is 6. The van der Waals surface area contributed by atoms with Crippen molar-refractivity contribution in [3.05, 3.63) is 0 Å². The molecule has 0 fully saturated rings. The zero-order valence-corrected chi connectivity index (χ0v) is 6.94. The van der Waals surface area contributed by atoms with Gasteiger partial charge in [0.1, 0.15) is 0 Å². The molecule has 0 amide bonds. The summed E-state index contributed by atoms with van der Waals surface area (Å²) in [7, 11) is 0. The van der Waals surface area contributed by atoms with Crippen LogP contribution in [-0.2, 0) is 0 Å². The predicted molar refractivity (Wildman–Crippen MR) is 41.6 cm³/mol. The number of rotatable bonds is 4. The van der Waals surface area contributed by atoms with Crippen LogP contribution in [0.25, 0.3) is 0 Å². The highest BCUT2D eigenvalue weighted by molar-refractivity contribution is 4.89. The van der Waals surface area contributed by atoms with E-state index >= 15 is 0 Å². The molecule has 0 spiro atoms. The fourth-order valence-electron chi connectivity index (χ4n) is 0.951. The zero-order chi connectivity index (χ0) is 9.99. The molecular weight excluding hydrogens is 164 g/mol. The van der Waals surface area contributed by atoms with Crippen LogP contribution in [0.1, 0.15) is 6.92 Å². The Balaban J connectivity index is 4.56. The molecule has 6 nitrogen and oxygen atoms in total. The van der Waals surface area contributed by atoms with Crippen LogP contribution in [-0.4, -0.2) is 45.1 Å². The Bertz CT molecular complexity index is 143. The summed E-state index contributed by atoms with van der Waals surface area (Å²) < 4.78 is 0. The molecule has 0 aliphatic rings. The Labute approximate surface area is 70.4 Å². The third kappa shape index (κ3) is 2.67. The molecule has 0 aromatic heterocycles. The van der Waals surface area contributed by atoms with Gasteiger partial charge in [-0.3, -0.25) is 0 Å². The van der Waals surface area contributed by atoms with E-state index in [0.29, 0.717) is 0 Å². The SMILES string of the molecule is CC(N)(N)C(CO)C(O)(O)CO. The van der Waals surface area contributed by atoms with Crippen LogP contribution >= 0.6 is 0 Å². The van der Waals surface area contributed by atoms with Crippen molar-refractivity contribution in [1.82, 2.24) is 0 Å². The number of aliphatic hydroxyl groups is 4. The highest BCUT2D eigenvalue weighted by atomic mass is 16.5. The largest absolute Gasteiger partial charge is 0.396 e. The second-order valence-electron chi connectivity index (χ2n) is 3.14. The molecule has 1 atom stereocenters. The Morgan fingerprint density at radius 1 is 1.25 bits per heavy atom. The van der Waals surface area contributed by atoms with Crippen LogP contribution < -0.4 is 11.5 Å². The molecule has 8 N–H and O–H groups in total. The first-order valence-corrected chi connectivity index (χ1v) is 3.50. The Morgan fingerprint density at radius 3 is 1.75 bits per heavy atom. The van der Waals surface area contributed by atoms with E-state index in [1.165, 1.54) is 6.92 Å². The van der Waals surface area contributed by atoms with Crippen molar-refractivity contribution in [3.8, 4) is 0 Å². The fraction of sp³-hybridized carbons (Fsp3) is 1.00. The standard InChI is InChI=1S/C6H16N2O4/c1-5(7,8)4(2-9)6(11,12)3-10/h4,9-12H,2-3,7-8H2,1H3. The average Bonchev–Trinajstić information content (AvgIpc) is 1.85. The molecule has 0 aliphatic carbocycles. The predicted octanol–water partition coefficient (Wildman–Crippen LogP) is -3.10. The number of aliphatic hydroxyl groups excluding tert-OH is 2. The van der Waals surface area contributed by atoms with Gasteiger partial charge in [0.05, 0.1) is 24.8 Å². The second kappa shape index (κ2) is 3.65. The van der Waals surface area contributed by atoms with Crippen LogP contribution in [0, 0.1) is 5.92 Å². The lowest BCUT2D eigenvalue weighted by Gasteiger charge is -2.37. The van der Waals surface area contributed by atoms with E-state index in [1.54, 1.807) is 0 Å². The number of nitrogens with two attached hydrogens (primary N) is 2. The van der Waals surface area contributed by atoms with E-state index in [0.717, 1.165) is 0 Å². The molecule has 12 heavy (non-hydrogen) atoms. The van der Waals surface area contributed by atoms with Gasteiger partial charge in [-0.25, -0.2) is 0 Å². The van der Waals surface area contributed by atoms with Crippen LogP contribution in [0.5, 0.6) is 0 Å². The van der Waals surface area contributed by atoms with Crippen molar-refractivity contribution in [2.24, 2.45) is 17.4 Å². The minimum absolute atomic E-state index is 0.614. The molecule has 74 valence electrons. The summed E-state index contributed by atoms with van der Waals surface area (Å²) in [6.45, 7) is -0.218. The molecule has 0 saturated heterocycles. The number of hydrogen-bond donors (Lipinski definition) is 6. The van der Waals surface area contributed by atoms with Gasteiger partial charge < -0.3 is 31.9 Å². The third-order valence-corrected chi connectivity index (χ3v) is 1.72. The summed E-state index contributed by atoms with van der Waals surface area (Å²) in [6, 6.07) is 0. The van der Waals surface area contributed by atoms with Gasteiger partial charge in [-0.15, -0.1) is 0 Å². The molecule has 0 aliphatic heterocycles. The summed E-state index contributed by atoms with van der Waals surface area (Å²) in [5, 5.41) is 35.5. The van der Waals surface area contributed by atoms with Gasteiger partial charge >= 0.3 is 0 Å². The molecule has 1 unspecified atom stereocenters. The van der Waals surface area contributed by atoms with E-state index in [1.807, 2.05) is 0 Å². The Hall–Kier alpha value is -0.240. The van der Waals surface area contributed by atoms with Crippen molar-refractivity contribution >= 4 is 0 Å². The van der Waals surface area contributed by atoms with Crippen LogP contribution in [0.15, 0.2) is 0 Å². The van der Waals surface area contributed by atoms with Gasteiger partial charge in [0.15, 0.2) is 5.79 Å². The first kappa shape index (κ1) is 11.8. The summed E-state index contributed by atoms with van der Waals surface area (Å²) in [6.07, 6.45) is 0. The minimum Gasteiger partial charge on any atom is -0.396 e. The Kier molecular flexibility index (Phi) is 3.58. The van der Waals surface area contributed by atoms with Crippen molar-refractivity contribution in [2.45, 2.75) is 18.4 Å². The minimum atomic E-state index is -2.45. The smallest absolute Gasteiger partial charge is 0.194 e. The fourth-order valence-corrected chi connectivity index (χ4v) is 0.951. The van der Waals surface area contributed by atoms with Crippen molar-refractivity contribution in [1.29, 1.82) is 0 Å². The van der Waals surface area contributed by atoms with Gasteiger partial charge in [0.25, 0.3) is 0 Å². The zero-order valence-electron chi connectivity index (χ0n) is 6.94. The van der Waals surface area contributed by atoms with Gasteiger partial charge in [-0.2, -0.15) is 0 Å². The van der Waals surface area contributed by atoms with Crippen molar-refractivity contribution in [3.63, 3.8) is 0 Å². The lowest BCUT2D eigenvalue weighted by Crippen LogP contribution is -2.63. The lowest BCUT2D eigenvalue weighted by atomic mass is 9.88. The van der Waals surface area contributed by atoms with Gasteiger partial charge in [-0.05, 0) is 6.92 Å².